The minimum absolute atomic E-state index is 0.0409. The van der Waals surface area contributed by atoms with Gasteiger partial charge in [-0.3, -0.25) is 24.3 Å². The monoisotopic (exact) mass is 458 g/mol. The summed E-state index contributed by atoms with van der Waals surface area (Å²) in [7, 11) is 0. The highest BCUT2D eigenvalue weighted by Gasteiger charge is 2.29. The van der Waals surface area contributed by atoms with Gasteiger partial charge in [-0.05, 0) is 20.8 Å². The summed E-state index contributed by atoms with van der Waals surface area (Å²) in [4.78, 5) is 23.0. The largest absolute Gasteiger partial charge is 0.320 e. The number of aromatic nitrogens is 4. The first-order valence-corrected chi connectivity index (χ1v) is 9.05. The predicted octanol–water partition coefficient (Wildman–Crippen LogP) is 3.62. The minimum atomic E-state index is -2.28. The van der Waals surface area contributed by atoms with Crippen molar-refractivity contribution >= 4 is 17.3 Å². The Labute approximate surface area is 176 Å². The molecular weight excluding hydrogens is 443 g/mol. The molecule has 9 nitrogen and oxygen atoms in total. The molecule has 0 spiro atoms. The van der Waals surface area contributed by atoms with E-state index >= 15 is 0 Å². The second kappa shape index (κ2) is 8.36. The zero-order valence-electron chi connectivity index (χ0n) is 16.8. The van der Waals surface area contributed by atoms with Crippen molar-refractivity contribution in [3.8, 4) is 0 Å². The molecule has 2 heterocycles. The number of hydrogen-bond acceptors (Lipinski definition) is 5. The summed E-state index contributed by atoms with van der Waals surface area (Å²) in [6.07, 6.45) is 1.08. The molecule has 1 N–H and O–H groups in total. The van der Waals surface area contributed by atoms with Gasteiger partial charge in [0.1, 0.15) is 6.20 Å². The van der Waals surface area contributed by atoms with Crippen LogP contribution in [0.3, 0.4) is 0 Å². The number of hydrogen-bond donors (Lipinski definition) is 1. The van der Waals surface area contributed by atoms with E-state index in [2.05, 4.69) is 15.5 Å². The first-order valence-electron chi connectivity index (χ1n) is 9.05. The van der Waals surface area contributed by atoms with Crippen molar-refractivity contribution < 1.29 is 31.7 Å². The van der Waals surface area contributed by atoms with E-state index in [4.69, 9.17) is 0 Å². The minimum Gasteiger partial charge on any atom is -0.317 e. The fourth-order valence-corrected chi connectivity index (χ4v) is 3.01. The maximum absolute atomic E-state index is 14.0. The third kappa shape index (κ3) is 3.78. The number of aryl methyl sites for hydroxylation is 2. The van der Waals surface area contributed by atoms with Gasteiger partial charge < -0.3 is 5.32 Å². The number of halogens is 5. The van der Waals surface area contributed by atoms with Crippen LogP contribution in [0.1, 0.15) is 34.4 Å². The highest BCUT2D eigenvalue weighted by atomic mass is 19.2. The first-order chi connectivity index (χ1) is 15.0. The van der Waals surface area contributed by atoms with Crippen LogP contribution in [0.15, 0.2) is 6.20 Å². The number of benzene rings is 1. The molecule has 0 bridgehead atoms. The number of nitrogens with one attached hydrogen (secondary N) is 1. The number of carbonyl (C=O) groups excluding carboxylic acids is 1. The predicted molar refractivity (Wildman–Crippen MR) is 99.5 cm³/mol. The summed E-state index contributed by atoms with van der Waals surface area (Å²) < 4.78 is 70.3. The Morgan fingerprint density at radius 3 is 2.16 bits per heavy atom. The Kier molecular flexibility index (Phi) is 5.96. The zero-order valence-corrected chi connectivity index (χ0v) is 16.8. The first kappa shape index (κ1) is 22.8. The third-order valence-corrected chi connectivity index (χ3v) is 4.71. The molecule has 0 aliphatic carbocycles. The summed E-state index contributed by atoms with van der Waals surface area (Å²) in [5.74, 6) is -11.4. The molecule has 14 heteroatoms. The third-order valence-electron chi connectivity index (χ3n) is 4.71. The molecule has 1 aromatic carbocycles. The fraction of sp³-hybridized carbons (Fsp3) is 0.278. The van der Waals surface area contributed by atoms with Gasteiger partial charge in [0.05, 0.1) is 34.1 Å². The Morgan fingerprint density at radius 2 is 1.62 bits per heavy atom. The number of rotatable bonds is 6. The normalized spacial score (nSPS) is 11.1. The lowest BCUT2D eigenvalue weighted by Crippen LogP contribution is -2.16. The van der Waals surface area contributed by atoms with Gasteiger partial charge in [0.2, 0.25) is 11.5 Å². The van der Waals surface area contributed by atoms with Crippen LogP contribution in [0.2, 0.25) is 0 Å². The summed E-state index contributed by atoms with van der Waals surface area (Å²) in [5, 5.41) is 21.4. The van der Waals surface area contributed by atoms with Crippen LogP contribution >= 0.6 is 0 Å². The molecule has 0 atom stereocenters. The maximum atomic E-state index is 14.0. The van der Waals surface area contributed by atoms with Crippen LogP contribution in [0.25, 0.3) is 0 Å². The van der Waals surface area contributed by atoms with Crippen molar-refractivity contribution in [3.63, 3.8) is 0 Å². The van der Waals surface area contributed by atoms with Crippen LogP contribution in [0.5, 0.6) is 0 Å². The summed E-state index contributed by atoms with van der Waals surface area (Å²) in [5.41, 5.74) is -1.83. The SMILES string of the molecule is CCn1cc([N+](=O)[O-])c(C(=O)Nc2c(C)nn(Cc3c(F)c(F)c(F)c(F)c3F)c2C)n1. The van der Waals surface area contributed by atoms with E-state index in [1.807, 2.05) is 0 Å². The van der Waals surface area contributed by atoms with E-state index in [0.717, 1.165) is 10.9 Å². The molecule has 0 saturated heterocycles. The highest BCUT2D eigenvalue weighted by molar-refractivity contribution is 6.06. The number of nitrogens with zero attached hydrogens (tertiary/aromatic N) is 5. The Balaban J connectivity index is 1.96. The average molecular weight is 458 g/mol. The van der Waals surface area contributed by atoms with Crippen LogP contribution in [-0.2, 0) is 13.1 Å². The molecule has 170 valence electrons. The van der Waals surface area contributed by atoms with Crippen molar-refractivity contribution in [2.45, 2.75) is 33.9 Å². The van der Waals surface area contributed by atoms with Gasteiger partial charge in [0, 0.05) is 6.54 Å². The second-order valence-electron chi connectivity index (χ2n) is 6.68. The van der Waals surface area contributed by atoms with Crippen LogP contribution in [0.4, 0.5) is 33.3 Å². The molecule has 3 rings (SSSR count). The topological polar surface area (TPSA) is 108 Å². The lowest BCUT2D eigenvalue weighted by Gasteiger charge is -2.10. The quantitative estimate of drug-likeness (QED) is 0.200. The molecule has 2 aromatic heterocycles. The van der Waals surface area contributed by atoms with Gasteiger partial charge in [-0.15, -0.1) is 0 Å². The lowest BCUT2D eigenvalue weighted by atomic mass is 10.1. The number of amides is 1. The van der Waals surface area contributed by atoms with Gasteiger partial charge in [-0.2, -0.15) is 10.2 Å². The summed E-state index contributed by atoms with van der Waals surface area (Å²) in [6, 6.07) is 0. The van der Waals surface area contributed by atoms with E-state index in [1.54, 1.807) is 6.92 Å². The molecule has 0 radical (unpaired) electrons. The van der Waals surface area contributed by atoms with Gasteiger partial charge in [-0.1, -0.05) is 0 Å². The van der Waals surface area contributed by atoms with Gasteiger partial charge in [0.25, 0.3) is 5.91 Å². The van der Waals surface area contributed by atoms with Crippen LogP contribution in [0, 0.1) is 53.0 Å². The molecular formula is C18H15F5N6O3. The van der Waals surface area contributed by atoms with Crippen molar-refractivity contribution in [2.24, 2.45) is 0 Å². The molecule has 0 aliphatic heterocycles. The van der Waals surface area contributed by atoms with Crippen molar-refractivity contribution in [1.82, 2.24) is 19.6 Å². The van der Waals surface area contributed by atoms with E-state index in [1.165, 1.54) is 18.5 Å². The number of nitro groups is 1. The maximum Gasteiger partial charge on any atom is 0.320 e. The van der Waals surface area contributed by atoms with Crippen molar-refractivity contribution in [1.29, 1.82) is 0 Å². The standard InChI is InChI=1S/C18H15F5N6O3/c1-4-27-6-10(29(31)32)17(26-27)18(30)24-16-7(2)25-28(8(16)3)5-9-11(19)13(21)15(23)14(22)12(9)20/h6H,4-5H2,1-3H3,(H,24,30). The molecule has 3 aromatic rings. The second-order valence-corrected chi connectivity index (χ2v) is 6.68. The highest BCUT2D eigenvalue weighted by Crippen LogP contribution is 2.27. The van der Waals surface area contributed by atoms with Crippen molar-refractivity contribution in [2.75, 3.05) is 5.32 Å². The van der Waals surface area contributed by atoms with Gasteiger partial charge in [0.15, 0.2) is 23.3 Å². The number of anilines is 1. The molecule has 0 unspecified atom stereocenters. The van der Waals surface area contributed by atoms with Crippen molar-refractivity contribution in [3.05, 3.63) is 68.0 Å². The molecule has 32 heavy (non-hydrogen) atoms. The van der Waals surface area contributed by atoms with E-state index in [9.17, 15) is 36.9 Å². The van der Waals surface area contributed by atoms with Crippen LogP contribution in [-0.4, -0.2) is 30.4 Å². The lowest BCUT2D eigenvalue weighted by molar-refractivity contribution is -0.385. The average Bonchev–Trinajstić information content (AvgIpc) is 3.31. The van der Waals surface area contributed by atoms with Gasteiger partial charge in [-0.25, -0.2) is 22.0 Å². The molecule has 0 aliphatic rings. The molecule has 1 amide bonds. The van der Waals surface area contributed by atoms with E-state index < -0.39 is 63.4 Å². The van der Waals surface area contributed by atoms with Gasteiger partial charge >= 0.3 is 5.69 Å². The Hall–Kier alpha value is -3.84. The molecule has 0 saturated carbocycles. The number of carbonyl (C=O) groups is 1. The zero-order chi connectivity index (χ0) is 23.9. The Bertz CT molecular complexity index is 1220. The summed E-state index contributed by atoms with van der Waals surface area (Å²) in [6.45, 7) is 3.90. The smallest absolute Gasteiger partial charge is 0.317 e. The molecule has 0 fully saturated rings. The summed E-state index contributed by atoms with van der Waals surface area (Å²) >= 11 is 0. The fourth-order valence-electron chi connectivity index (χ4n) is 3.01. The Morgan fingerprint density at radius 1 is 1.06 bits per heavy atom. The van der Waals surface area contributed by atoms with Crippen LogP contribution < -0.4 is 5.32 Å². The van der Waals surface area contributed by atoms with E-state index in [-0.39, 0.29) is 23.6 Å². The van der Waals surface area contributed by atoms with E-state index in [0.29, 0.717) is 0 Å².